The maximum Gasteiger partial charge on any atom is 2.00 e. The first-order valence-corrected chi connectivity index (χ1v) is 24.9. The van der Waals surface area contributed by atoms with Crippen molar-refractivity contribution >= 4 is 43.6 Å². The average Bonchev–Trinajstić information content (AvgIpc) is 3.92. The van der Waals surface area contributed by atoms with E-state index < -0.39 is 5.41 Å². The van der Waals surface area contributed by atoms with Gasteiger partial charge in [0.2, 0.25) is 0 Å². The number of nitrogens with zero attached hydrogens (tertiary/aromatic N) is 4. The van der Waals surface area contributed by atoms with E-state index in [2.05, 4.69) is 269 Å². The standard InChI is InChI=1S/C67H52N4O.Pt/c1-65(2,3)45-33-37-61-53(41-45)67(54-42-46(66(4,5)6)34-38-62(54)72-61,63-29-17-25-55(68-63)43-31-35-51-49-23-13-15-27-57(49)70(59(51)39-43)47-19-9-7-10-20-47)64-30-18-26-56(69-64)44-32-36-52-50-24-14-16-28-58(50)71(60(52)40-44)48-21-11-8-12-22-48;/h7-30,33-42H,1-6H3;/q-2;+2. The molecule has 13 rings (SSSR count). The summed E-state index contributed by atoms with van der Waals surface area (Å²) in [5.74, 6) is 1.55. The quantitative estimate of drug-likeness (QED) is 0.156. The Balaban J connectivity index is 0.00000543. The van der Waals surface area contributed by atoms with Gasteiger partial charge in [-0.1, -0.05) is 162 Å². The van der Waals surface area contributed by atoms with Crippen molar-refractivity contribution in [2.75, 3.05) is 0 Å². The monoisotopic (exact) mass is 1120 g/mol. The molecule has 0 aliphatic carbocycles. The van der Waals surface area contributed by atoms with E-state index in [0.717, 1.165) is 101 Å². The summed E-state index contributed by atoms with van der Waals surface area (Å²) in [6, 6.07) is 80.9. The van der Waals surface area contributed by atoms with Gasteiger partial charge in [-0.2, -0.15) is 0 Å². The van der Waals surface area contributed by atoms with Crippen LogP contribution < -0.4 is 4.74 Å². The van der Waals surface area contributed by atoms with Crippen molar-refractivity contribution in [3.05, 3.63) is 252 Å². The van der Waals surface area contributed by atoms with Crippen LogP contribution in [0.15, 0.2) is 206 Å². The van der Waals surface area contributed by atoms with Crippen LogP contribution in [0, 0.1) is 12.1 Å². The second-order valence-corrected chi connectivity index (χ2v) is 21.3. The summed E-state index contributed by atoms with van der Waals surface area (Å²) in [5.41, 5.74) is 14.8. The molecule has 5 heterocycles. The molecule has 0 radical (unpaired) electrons. The second-order valence-electron chi connectivity index (χ2n) is 21.3. The third kappa shape index (κ3) is 7.47. The van der Waals surface area contributed by atoms with Gasteiger partial charge in [0.1, 0.15) is 16.9 Å². The Morgan fingerprint density at radius 1 is 0.411 bits per heavy atom. The predicted octanol–water partition coefficient (Wildman–Crippen LogP) is 16.7. The van der Waals surface area contributed by atoms with Gasteiger partial charge in [0.05, 0.1) is 11.4 Å². The van der Waals surface area contributed by atoms with Crippen molar-refractivity contribution < 1.29 is 25.8 Å². The van der Waals surface area contributed by atoms with E-state index in [9.17, 15) is 0 Å². The molecule has 0 N–H and O–H groups in total. The maximum atomic E-state index is 7.03. The van der Waals surface area contributed by atoms with E-state index in [-0.39, 0.29) is 31.9 Å². The molecule has 1 aliphatic rings. The minimum atomic E-state index is -1.04. The molecule has 8 aromatic carbocycles. The summed E-state index contributed by atoms with van der Waals surface area (Å²) >= 11 is 0. The van der Waals surface area contributed by atoms with E-state index in [1.165, 1.54) is 21.9 Å². The Morgan fingerprint density at radius 2 is 0.822 bits per heavy atom. The van der Waals surface area contributed by atoms with Gasteiger partial charge in [-0.3, -0.25) is 9.97 Å². The van der Waals surface area contributed by atoms with Gasteiger partial charge in [0.25, 0.3) is 0 Å². The topological polar surface area (TPSA) is 44.9 Å². The third-order valence-electron chi connectivity index (χ3n) is 14.8. The van der Waals surface area contributed by atoms with Gasteiger partial charge < -0.3 is 13.9 Å². The summed E-state index contributed by atoms with van der Waals surface area (Å²) in [6.07, 6.45) is 0. The van der Waals surface area contributed by atoms with E-state index in [1.54, 1.807) is 0 Å². The van der Waals surface area contributed by atoms with Crippen molar-refractivity contribution in [2.24, 2.45) is 0 Å². The van der Waals surface area contributed by atoms with Gasteiger partial charge in [-0.15, -0.1) is 47.5 Å². The smallest absolute Gasteiger partial charge is 0.457 e. The summed E-state index contributed by atoms with van der Waals surface area (Å²) < 4.78 is 11.7. The Bertz CT molecular complexity index is 3830. The average molecular weight is 1120 g/mol. The van der Waals surface area contributed by atoms with Crippen LogP contribution in [0.2, 0.25) is 0 Å². The zero-order valence-corrected chi connectivity index (χ0v) is 43.9. The van der Waals surface area contributed by atoms with Gasteiger partial charge in [-0.25, -0.2) is 0 Å². The van der Waals surface area contributed by atoms with E-state index >= 15 is 0 Å². The normalized spacial score (nSPS) is 13.2. The van der Waals surface area contributed by atoms with Crippen molar-refractivity contribution in [3.8, 4) is 45.4 Å². The SMILES string of the molecule is CC(C)(C)c1ccc2c(c1)C(c1cccc(-c3[c-]cc4c5ccccc5n(-c5ccccc5)c4c3)n1)(c1cccc(-c3[c-]cc4c5ccccc5n(-c5ccccc5)c4c3)n1)c1cc(C(C)(C)C)ccc1O2.[Pt+2]. The van der Waals surface area contributed by atoms with E-state index in [0.29, 0.717) is 0 Å². The molecule has 12 aromatic rings. The summed E-state index contributed by atoms with van der Waals surface area (Å²) in [4.78, 5) is 11.7. The molecule has 0 atom stereocenters. The molecule has 356 valence electrons. The molecule has 5 nitrogen and oxygen atoms in total. The van der Waals surface area contributed by atoms with Gasteiger partial charge >= 0.3 is 21.1 Å². The first kappa shape index (κ1) is 46.2. The van der Waals surface area contributed by atoms with Gasteiger partial charge in [-0.05, 0) is 128 Å². The van der Waals surface area contributed by atoms with Crippen molar-refractivity contribution in [1.29, 1.82) is 0 Å². The number of aromatic nitrogens is 4. The Hall–Kier alpha value is -7.85. The fraction of sp³-hybridized carbons (Fsp3) is 0.134. The molecular weight excluding hydrogens is 1070 g/mol. The first-order valence-electron chi connectivity index (χ1n) is 24.9. The molecule has 0 amide bonds. The van der Waals surface area contributed by atoms with Crippen LogP contribution in [0.25, 0.3) is 77.5 Å². The summed E-state index contributed by atoms with van der Waals surface area (Å²) in [5, 5.41) is 4.65. The van der Waals surface area contributed by atoms with Crippen LogP contribution in [0.4, 0.5) is 0 Å². The molecule has 6 heteroatoms. The number of hydrogen-bond acceptors (Lipinski definition) is 3. The van der Waals surface area contributed by atoms with Crippen LogP contribution in [0.1, 0.15) is 75.2 Å². The third-order valence-corrected chi connectivity index (χ3v) is 14.8. The zero-order chi connectivity index (χ0) is 48.9. The molecule has 0 unspecified atom stereocenters. The zero-order valence-electron chi connectivity index (χ0n) is 41.6. The van der Waals surface area contributed by atoms with Crippen LogP contribution in [-0.4, -0.2) is 19.1 Å². The Labute approximate surface area is 441 Å². The Morgan fingerprint density at radius 3 is 1.25 bits per heavy atom. The fourth-order valence-corrected chi connectivity index (χ4v) is 11.1. The first-order chi connectivity index (χ1) is 34.9. The predicted molar refractivity (Wildman–Crippen MR) is 295 cm³/mol. The van der Waals surface area contributed by atoms with Gasteiger partial charge in [0, 0.05) is 33.5 Å². The van der Waals surface area contributed by atoms with Crippen LogP contribution in [0.3, 0.4) is 0 Å². The van der Waals surface area contributed by atoms with E-state index in [1.807, 2.05) is 0 Å². The number of benzene rings is 8. The van der Waals surface area contributed by atoms with E-state index in [4.69, 9.17) is 14.7 Å². The van der Waals surface area contributed by atoms with Crippen molar-refractivity contribution in [1.82, 2.24) is 19.1 Å². The molecule has 0 bridgehead atoms. The van der Waals surface area contributed by atoms with Crippen molar-refractivity contribution in [2.45, 2.75) is 57.8 Å². The summed E-state index contributed by atoms with van der Waals surface area (Å²) in [7, 11) is 0. The molecule has 0 spiro atoms. The Kier molecular flexibility index (Phi) is 11.0. The number of hydrogen-bond donors (Lipinski definition) is 0. The number of fused-ring (bicyclic) bond motifs is 8. The van der Waals surface area contributed by atoms with Crippen LogP contribution >= 0.6 is 0 Å². The minimum absolute atomic E-state index is 0. The molecular formula is C67H52N4OPt. The number of rotatable bonds is 6. The summed E-state index contributed by atoms with van der Waals surface area (Å²) in [6.45, 7) is 13.6. The largest absolute Gasteiger partial charge is 2.00 e. The van der Waals surface area contributed by atoms with Crippen LogP contribution in [0.5, 0.6) is 11.5 Å². The fourth-order valence-electron chi connectivity index (χ4n) is 11.1. The molecule has 0 fully saturated rings. The molecule has 0 saturated carbocycles. The number of pyridine rings is 2. The van der Waals surface area contributed by atoms with Crippen molar-refractivity contribution in [3.63, 3.8) is 0 Å². The number of para-hydroxylation sites is 4. The maximum absolute atomic E-state index is 7.03. The number of ether oxygens (including phenoxy) is 1. The molecule has 4 aromatic heterocycles. The second kappa shape index (κ2) is 17.4. The molecule has 73 heavy (non-hydrogen) atoms. The van der Waals surface area contributed by atoms with Crippen LogP contribution in [-0.2, 0) is 37.3 Å². The molecule has 1 aliphatic heterocycles. The molecule has 0 saturated heterocycles. The minimum Gasteiger partial charge on any atom is -0.457 e. The van der Waals surface area contributed by atoms with Gasteiger partial charge in [0.15, 0.2) is 0 Å².